The minimum atomic E-state index is -0.155. The van der Waals surface area contributed by atoms with E-state index in [2.05, 4.69) is 0 Å². The summed E-state index contributed by atoms with van der Waals surface area (Å²) >= 11 is 0. The fourth-order valence-corrected chi connectivity index (χ4v) is 1.61. The number of ether oxygens (including phenoxy) is 1. The molecule has 0 radical (unpaired) electrons. The van der Waals surface area contributed by atoms with Crippen molar-refractivity contribution >= 4 is 11.7 Å². The Hall–Kier alpha value is -1.51. The molecule has 1 aliphatic heterocycles. The fourth-order valence-electron chi connectivity index (χ4n) is 1.61. The van der Waals surface area contributed by atoms with Crippen molar-refractivity contribution in [3.8, 4) is 0 Å². The molecule has 1 atom stereocenters. The largest absolute Gasteiger partial charge is 0.465 e. The number of cyclic esters (lactones) is 1. The van der Waals surface area contributed by atoms with Gasteiger partial charge in [-0.15, -0.1) is 0 Å². The lowest BCUT2D eigenvalue weighted by atomic mass is 9.96. The predicted octanol–water partition coefficient (Wildman–Crippen LogP) is 1.30. The van der Waals surface area contributed by atoms with Gasteiger partial charge in [-0.2, -0.15) is 0 Å². The summed E-state index contributed by atoms with van der Waals surface area (Å²) in [5.41, 5.74) is 7.32. The van der Waals surface area contributed by atoms with Crippen LogP contribution in [-0.4, -0.2) is 12.6 Å². The molecule has 0 spiro atoms. The molecule has 2 N–H and O–H groups in total. The Morgan fingerprint density at radius 2 is 2.15 bits per heavy atom. The molecule has 3 nitrogen and oxygen atoms in total. The maximum absolute atomic E-state index is 11.2. The molecule has 2 rings (SSSR count). The van der Waals surface area contributed by atoms with Gasteiger partial charge in [0.25, 0.3) is 0 Å². The summed E-state index contributed by atoms with van der Waals surface area (Å²) in [6, 6.07) is 7.43. The van der Waals surface area contributed by atoms with E-state index in [0.717, 1.165) is 12.0 Å². The number of carbonyl (C=O) groups excluding carboxylic acids is 1. The van der Waals surface area contributed by atoms with E-state index < -0.39 is 0 Å². The van der Waals surface area contributed by atoms with Crippen LogP contribution < -0.4 is 5.73 Å². The molecule has 1 heterocycles. The van der Waals surface area contributed by atoms with Crippen LogP contribution in [0, 0.1) is 0 Å². The van der Waals surface area contributed by atoms with Gasteiger partial charge in [0.1, 0.15) is 0 Å². The normalized spacial score (nSPS) is 21.5. The monoisotopic (exact) mass is 177 g/mol. The maximum atomic E-state index is 11.2. The molecule has 1 aromatic carbocycles. The highest BCUT2D eigenvalue weighted by atomic mass is 16.5. The van der Waals surface area contributed by atoms with Crippen molar-refractivity contribution in [1.82, 2.24) is 0 Å². The number of para-hydroxylation sites is 1. The average molecular weight is 177 g/mol. The van der Waals surface area contributed by atoms with E-state index in [9.17, 15) is 4.79 Å². The van der Waals surface area contributed by atoms with E-state index >= 15 is 0 Å². The summed E-state index contributed by atoms with van der Waals surface area (Å²) in [6.07, 6.45) is 0.743. The highest BCUT2D eigenvalue weighted by Crippen LogP contribution is 2.29. The van der Waals surface area contributed by atoms with Crippen molar-refractivity contribution in [3.63, 3.8) is 0 Å². The molecule has 0 aliphatic carbocycles. The molecular weight excluding hydrogens is 166 g/mol. The van der Waals surface area contributed by atoms with Gasteiger partial charge < -0.3 is 10.5 Å². The molecule has 0 amide bonds. The van der Waals surface area contributed by atoms with Gasteiger partial charge in [-0.1, -0.05) is 18.2 Å². The number of anilines is 1. The van der Waals surface area contributed by atoms with E-state index in [0.29, 0.717) is 12.3 Å². The molecule has 0 aromatic heterocycles. The number of hydrogen-bond acceptors (Lipinski definition) is 3. The highest BCUT2D eigenvalue weighted by Gasteiger charge is 2.29. The lowest BCUT2D eigenvalue weighted by Gasteiger charge is -2.08. The highest BCUT2D eigenvalue weighted by molar-refractivity contribution is 5.81. The van der Waals surface area contributed by atoms with Crippen LogP contribution in [0.2, 0.25) is 0 Å². The summed E-state index contributed by atoms with van der Waals surface area (Å²) in [5.74, 6) is -0.306. The number of nitrogens with two attached hydrogens (primary N) is 1. The van der Waals surface area contributed by atoms with E-state index in [1.54, 1.807) is 6.07 Å². The van der Waals surface area contributed by atoms with Gasteiger partial charge in [0.2, 0.25) is 0 Å². The Labute approximate surface area is 76.5 Å². The Bertz CT molecular complexity index is 335. The third-order valence-electron chi connectivity index (χ3n) is 2.31. The summed E-state index contributed by atoms with van der Waals surface area (Å²) in [5, 5.41) is 0. The molecule has 1 aliphatic rings. The van der Waals surface area contributed by atoms with Crippen LogP contribution in [0.15, 0.2) is 24.3 Å². The molecule has 3 heteroatoms. The fraction of sp³-hybridized carbons (Fsp3) is 0.300. The number of esters is 1. The first kappa shape index (κ1) is 8.10. The third kappa shape index (κ3) is 1.37. The summed E-state index contributed by atoms with van der Waals surface area (Å²) < 4.78 is 4.88. The van der Waals surface area contributed by atoms with Crippen molar-refractivity contribution in [3.05, 3.63) is 29.8 Å². The van der Waals surface area contributed by atoms with Gasteiger partial charge in [0, 0.05) is 5.69 Å². The van der Waals surface area contributed by atoms with Gasteiger partial charge in [0.05, 0.1) is 12.5 Å². The molecule has 68 valence electrons. The van der Waals surface area contributed by atoms with Crippen molar-refractivity contribution in [2.24, 2.45) is 0 Å². The predicted molar refractivity (Wildman–Crippen MR) is 49.2 cm³/mol. The number of hydrogen-bond donors (Lipinski definition) is 1. The minimum absolute atomic E-state index is 0.152. The number of nitrogen functional groups attached to an aromatic ring is 1. The van der Waals surface area contributed by atoms with Crippen LogP contribution in [0.5, 0.6) is 0 Å². The molecule has 1 saturated heterocycles. The Kier molecular flexibility index (Phi) is 1.93. The van der Waals surface area contributed by atoms with Crippen LogP contribution >= 0.6 is 0 Å². The van der Waals surface area contributed by atoms with Crippen LogP contribution in [0.4, 0.5) is 5.69 Å². The van der Waals surface area contributed by atoms with Crippen molar-refractivity contribution in [1.29, 1.82) is 0 Å². The second-order valence-electron chi connectivity index (χ2n) is 3.14. The summed E-state index contributed by atoms with van der Waals surface area (Å²) in [6.45, 7) is 0.512. The molecule has 0 saturated carbocycles. The molecule has 1 unspecified atom stereocenters. The van der Waals surface area contributed by atoms with Gasteiger partial charge >= 0.3 is 5.97 Å². The maximum Gasteiger partial charge on any atom is 0.313 e. The summed E-state index contributed by atoms with van der Waals surface area (Å²) in [4.78, 5) is 11.2. The first-order valence-corrected chi connectivity index (χ1v) is 4.30. The van der Waals surface area contributed by atoms with Gasteiger partial charge in [-0.05, 0) is 18.1 Å². The topological polar surface area (TPSA) is 52.3 Å². The number of benzene rings is 1. The van der Waals surface area contributed by atoms with E-state index in [1.807, 2.05) is 18.2 Å². The van der Waals surface area contributed by atoms with Crippen molar-refractivity contribution in [2.45, 2.75) is 12.3 Å². The van der Waals surface area contributed by atoms with Crippen LogP contribution in [0.25, 0.3) is 0 Å². The average Bonchev–Trinajstić information content (AvgIpc) is 2.52. The zero-order valence-electron chi connectivity index (χ0n) is 7.19. The molecule has 13 heavy (non-hydrogen) atoms. The Morgan fingerprint density at radius 1 is 1.38 bits per heavy atom. The second kappa shape index (κ2) is 3.09. The van der Waals surface area contributed by atoms with Crippen LogP contribution in [-0.2, 0) is 9.53 Å². The Morgan fingerprint density at radius 3 is 2.77 bits per heavy atom. The smallest absolute Gasteiger partial charge is 0.313 e. The van der Waals surface area contributed by atoms with E-state index in [4.69, 9.17) is 10.5 Å². The lowest BCUT2D eigenvalue weighted by Crippen LogP contribution is -2.07. The second-order valence-corrected chi connectivity index (χ2v) is 3.14. The minimum Gasteiger partial charge on any atom is -0.465 e. The quantitative estimate of drug-likeness (QED) is 0.519. The van der Waals surface area contributed by atoms with Gasteiger partial charge in [-0.3, -0.25) is 4.79 Å². The number of rotatable bonds is 1. The first-order valence-electron chi connectivity index (χ1n) is 4.30. The SMILES string of the molecule is Nc1ccccc1C1CCOC1=O. The Balaban J connectivity index is 2.34. The third-order valence-corrected chi connectivity index (χ3v) is 2.31. The van der Waals surface area contributed by atoms with Crippen molar-refractivity contribution in [2.75, 3.05) is 12.3 Å². The lowest BCUT2D eigenvalue weighted by molar-refractivity contribution is -0.139. The standard InChI is InChI=1S/C10H11NO2/c11-9-4-2-1-3-7(9)8-5-6-13-10(8)12/h1-4,8H,5-6,11H2. The van der Waals surface area contributed by atoms with Gasteiger partial charge in [0.15, 0.2) is 0 Å². The van der Waals surface area contributed by atoms with E-state index in [-0.39, 0.29) is 11.9 Å². The summed E-state index contributed by atoms with van der Waals surface area (Å²) in [7, 11) is 0. The van der Waals surface area contributed by atoms with Crippen LogP contribution in [0.1, 0.15) is 17.9 Å². The molecule has 1 fully saturated rings. The molecular formula is C10H11NO2. The van der Waals surface area contributed by atoms with E-state index in [1.165, 1.54) is 0 Å². The first-order chi connectivity index (χ1) is 6.29. The van der Waals surface area contributed by atoms with Crippen LogP contribution in [0.3, 0.4) is 0 Å². The zero-order chi connectivity index (χ0) is 9.26. The van der Waals surface area contributed by atoms with Crippen molar-refractivity contribution < 1.29 is 9.53 Å². The molecule has 1 aromatic rings. The van der Waals surface area contributed by atoms with Gasteiger partial charge in [-0.25, -0.2) is 0 Å². The number of carbonyl (C=O) groups is 1. The zero-order valence-corrected chi connectivity index (χ0v) is 7.19. The molecule has 0 bridgehead atoms.